The highest BCUT2D eigenvalue weighted by atomic mass is 19.1. The molecule has 0 bridgehead atoms. The van der Waals surface area contributed by atoms with Gasteiger partial charge < -0.3 is 11.1 Å². The van der Waals surface area contributed by atoms with E-state index in [0.29, 0.717) is 30.3 Å². The Morgan fingerprint density at radius 2 is 2.12 bits per heavy atom. The summed E-state index contributed by atoms with van der Waals surface area (Å²) in [5.41, 5.74) is 12.1. The number of amidine groups is 1. The third-order valence-corrected chi connectivity index (χ3v) is 4.99. The maximum atomic E-state index is 13.7. The second-order valence-electron chi connectivity index (χ2n) is 7.01. The molecule has 26 heavy (non-hydrogen) atoms. The Bertz CT molecular complexity index is 814. The number of hydrogen-bond donors (Lipinski definition) is 2. The SMILES string of the molecule is C=CN=C(NC(=C)C1CC1)/C(N)=C1/C=CC(C2=C(C)CCC(F)=C2)=CC1. The maximum Gasteiger partial charge on any atom is 0.153 e. The van der Waals surface area contributed by atoms with Crippen LogP contribution in [0, 0.1) is 5.92 Å². The topological polar surface area (TPSA) is 50.4 Å². The zero-order valence-electron chi connectivity index (χ0n) is 15.3. The Balaban J connectivity index is 1.79. The van der Waals surface area contributed by atoms with Crippen LogP contribution < -0.4 is 11.1 Å². The highest BCUT2D eigenvalue weighted by molar-refractivity contribution is 6.00. The third-order valence-electron chi connectivity index (χ3n) is 4.99. The van der Waals surface area contributed by atoms with Crippen molar-refractivity contribution in [3.05, 3.63) is 83.2 Å². The Hall–Kier alpha value is -2.62. The highest BCUT2D eigenvalue weighted by Gasteiger charge is 2.26. The van der Waals surface area contributed by atoms with E-state index in [-0.39, 0.29) is 5.83 Å². The summed E-state index contributed by atoms with van der Waals surface area (Å²) < 4.78 is 13.7. The molecule has 0 aromatic heterocycles. The van der Waals surface area contributed by atoms with Crippen molar-refractivity contribution in [3.8, 4) is 0 Å². The van der Waals surface area contributed by atoms with Gasteiger partial charge in [0.1, 0.15) is 5.83 Å². The Morgan fingerprint density at radius 3 is 2.73 bits per heavy atom. The minimum absolute atomic E-state index is 0.0519. The predicted octanol–water partition coefficient (Wildman–Crippen LogP) is 5.10. The number of nitrogens with zero attached hydrogens (tertiary/aromatic N) is 1. The second kappa shape index (κ2) is 7.73. The summed E-state index contributed by atoms with van der Waals surface area (Å²) in [5.74, 6) is 1.05. The van der Waals surface area contributed by atoms with E-state index in [1.807, 2.05) is 12.2 Å². The molecule has 0 saturated heterocycles. The van der Waals surface area contributed by atoms with Crippen molar-refractivity contribution in [3.63, 3.8) is 0 Å². The molecule has 3 nitrogen and oxygen atoms in total. The predicted molar refractivity (Wildman–Crippen MR) is 107 cm³/mol. The molecule has 3 N–H and O–H groups in total. The van der Waals surface area contributed by atoms with Crippen molar-refractivity contribution in [1.82, 2.24) is 5.32 Å². The molecular formula is C22H26FN3. The molecule has 1 fully saturated rings. The van der Waals surface area contributed by atoms with Crippen LogP contribution in [0.4, 0.5) is 4.39 Å². The van der Waals surface area contributed by atoms with Crippen LogP contribution in [0.3, 0.4) is 0 Å². The van der Waals surface area contributed by atoms with Crippen LogP contribution in [0.1, 0.15) is 39.0 Å². The number of rotatable bonds is 5. The smallest absolute Gasteiger partial charge is 0.153 e. The number of aliphatic imine (C=N–C) groups is 1. The highest BCUT2D eigenvalue weighted by Crippen LogP contribution is 2.34. The van der Waals surface area contributed by atoms with E-state index in [1.165, 1.54) is 11.8 Å². The first-order valence-corrected chi connectivity index (χ1v) is 9.07. The van der Waals surface area contributed by atoms with Gasteiger partial charge in [0, 0.05) is 18.3 Å². The number of nitrogens with one attached hydrogen (secondary N) is 1. The molecule has 0 aromatic rings. The fraction of sp³-hybridized carbons (Fsp3) is 0.318. The van der Waals surface area contributed by atoms with Crippen LogP contribution in [0.2, 0.25) is 0 Å². The molecule has 0 amide bonds. The molecule has 3 aliphatic rings. The van der Waals surface area contributed by atoms with E-state index in [4.69, 9.17) is 5.73 Å². The van der Waals surface area contributed by atoms with Gasteiger partial charge in [-0.1, -0.05) is 37.0 Å². The van der Waals surface area contributed by atoms with Crippen molar-refractivity contribution in [2.24, 2.45) is 16.6 Å². The van der Waals surface area contributed by atoms with Crippen molar-refractivity contribution in [1.29, 1.82) is 0 Å². The number of halogens is 1. The van der Waals surface area contributed by atoms with Crippen LogP contribution >= 0.6 is 0 Å². The molecule has 3 rings (SSSR count). The minimum atomic E-state index is -0.0519. The standard InChI is InChI=1S/C22H26FN3/c1-4-25-22(26-15(3)16-6-7-16)21(24)18-10-8-17(9-11-18)20-13-19(23)12-5-14(20)2/h4,8-10,13,16H,1,3,5-7,11-12,24H2,2H3,(H,25,26)/b21-18+. The first-order chi connectivity index (χ1) is 12.5. The van der Waals surface area contributed by atoms with Crippen LogP contribution in [0.15, 0.2) is 88.2 Å². The normalized spacial score (nSPS) is 22.6. The molecule has 0 heterocycles. The molecule has 0 atom stereocenters. The summed E-state index contributed by atoms with van der Waals surface area (Å²) in [6.45, 7) is 9.81. The summed E-state index contributed by atoms with van der Waals surface area (Å²) >= 11 is 0. The molecule has 3 aliphatic carbocycles. The third kappa shape index (κ3) is 4.13. The largest absolute Gasteiger partial charge is 0.395 e. The minimum Gasteiger partial charge on any atom is -0.395 e. The van der Waals surface area contributed by atoms with E-state index in [2.05, 4.69) is 36.5 Å². The van der Waals surface area contributed by atoms with Crippen LogP contribution in [-0.2, 0) is 0 Å². The van der Waals surface area contributed by atoms with Gasteiger partial charge in [-0.2, -0.15) is 0 Å². The fourth-order valence-corrected chi connectivity index (χ4v) is 3.17. The molecule has 0 radical (unpaired) electrons. The molecule has 0 aromatic carbocycles. The molecule has 0 aliphatic heterocycles. The van der Waals surface area contributed by atoms with Gasteiger partial charge in [0.25, 0.3) is 0 Å². The van der Waals surface area contributed by atoms with Gasteiger partial charge >= 0.3 is 0 Å². The molecule has 1 saturated carbocycles. The summed E-state index contributed by atoms with van der Waals surface area (Å²) in [6.07, 6.45) is 13.5. The molecule has 4 heteroatoms. The van der Waals surface area contributed by atoms with E-state index in [0.717, 1.165) is 41.7 Å². The Labute approximate surface area is 155 Å². The molecule has 136 valence electrons. The van der Waals surface area contributed by atoms with Crippen LogP contribution in [0.25, 0.3) is 0 Å². The van der Waals surface area contributed by atoms with E-state index in [1.54, 1.807) is 6.08 Å². The van der Waals surface area contributed by atoms with Crippen LogP contribution in [0.5, 0.6) is 0 Å². The lowest BCUT2D eigenvalue weighted by atomic mass is 9.88. The van der Waals surface area contributed by atoms with Crippen molar-refractivity contribution in [2.75, 3.05) is 0 Å². The van der Waals surface area contributed by atoms with Crippen molar-refractivity contribution < 1.29 is 4.39 Å². The van der Waals surface area contributed by atoms with Gasteiger partial charge in [0.15, 0.2) is 5.84 Å². The number of hydrogen-bond acceptors (Lipinski definition) is 2. The fourth-order valence-electron chi connectivity index (χ4n) is 3.17. The maximum absolute atomic E-state index is 13.7. The lowest BCUT2D eigenvalue weighted by Crippen LogP contribution is -2.29. The van der Waals surface area contributed by atoms with Crippen molar-refractivity contribution >= 4 is 5.84 Å². The van der Waals surface area contributed by atoms with Gasteiger partial charge in [-0.05, 0) is 61.3 Å². The lowest BCUT2D eigenvalue weighted by Gasteiger charge is -2.19. The number of nitrogens with two attached hydrogens (primary N) is 1. The zero-order valence-corrected chi connectivity index (χ0v) is 15.3. The molecule has 0 unspecified atom stereocenters. The average Bonchev–Trinajstić information content (AvgIpc) is 3.48. The Kier molecular flexibility index (Phi) is 5.40. The first kappa shape index (κ1) is 18.2. The van der Waals surface area contributed by atoms with E-state index < -0.39 is 0 Å². The lowest BCUT2D eigenvalue weighted by molar-refractivity contribution is 0.579. The average molecular weight is 351 g/mol. The molecular weight excluding hydrogens is 325 g/mol. The summed E-state index contributed by atoms with van der Waals surface area (Å²) in [4.78, 5) is 4.28. The second-order valence-corrected chi connectivity index (χ2v) is 7.01. The van der Waals surface area contributed by atoms with Gasteiger partial charge in [-0.25, -0.2) is 9.38 Å². The van der Waals surface area contributed by atoms with Gasteiger partial charge in [-0.3, -0.25) is 0 Å². The quantitative estimate of drug-likeness (QED) is 0.534. The van der Waals surface area contributed by atoms with E-state index >= 15 is 0 Å². The first-order valence-electron chi connectivity index (χ1n) is 9.07. The summed E-state index contributed by atoms with van der Waals surface area (Å²) in [6, 6.07) is 0. The van der Waals surface area contributed by atoms with Gasteiger partial charge in [-0.15, -0.1) is 0 Å². The van der Waals surface area contributed by atoms with Crippen LogP contribution in [-0.4, -0.2) is 5.84 Å². The summed E-state index contributed by atoms with van der Waals surface area (Å²) in [7, 11) is 0. The van der Waals surface area contributed by atoms with Gasteiger partial charge in [0.2, 0.25) is 0 Å². The van der Waals surface area contributed by atoms with Crippen molar-refractivity contribution in [2.45, 2.75) is 39.0 Å². The van der Waals surface area contributed by atoms with E-state index in [9.17, 15) is 4.39 Å². The number of allylic oxidation sites excluding steroid dienone is 10. The zero-order chi connectivity index (χ0) is 18.7. The summed E-state index contributed by atoms with van der Waals surface area (Å²) in [5, 5.41) is 3.24. The monoisotopic (exact) mass is 351 g/mol. The van der Waals surface area contributed by atoms with Gasteiger partial charge in [0.05, 0.1) is 5.70 Å². The Morgan fingerprint density at radius 1 is 1.35 bits per heavy atom. The molecule has 0 spiro atoms.